The summed E-state index contributed by atoms with van der Waals surface area (Å²) in [5.41, 5.74) is 7.61. The summed E-state index contributed by atoms with van der Waals surface area (Å²) in [5, 5.41) is 9.59. The highest BCUT2D eigenvalue weighted by molar-refractivity contribution is 5.38. The van der Waals surface area contributed by atoms with E-state index in [-0.39, 0.29) is 0 Å². The smallest absolute Gasteiger partial charge is 0.119 e. The van der Waals surface area contributed by atoms with Crippen LogP contribution in [0, 0.1) is 0 Å². The van der Waals surface area contributed by atoms with Crippen LogP contribution in [0.25, 0.3) is 0 Å². The first-order chi connectivity index (χ1) is 6.19. The van der Waals surface area contributed by atoms with E-state index in [2.05, 4.69) is 13.8 Å². The molecule has 2 heteroatoms. The lowest BCUT2D eigenvalue weighted by molar-refractivity contribution is 0.461. The van der Waals surface area contributed by atoms with Gasteiger partial charge in [0.05, 0.1) is 0 Å². The maximum absolute atomic E-state index is 9.59. The molecule has 0 saturated heterocycles. The molecule has 1 aromatic rings. The second-order valence-corrected chi connectivity index (χ2v) is 3.41. The van der Waals surface area contributed by atoms with E-state index in [0.29, 0.717) is 18.2 Å². The second kappa shape index (κ2) is 4.28. The van der Waals surface area contributed by atoms with Gasteiger partial charge < -0.3 is 10.8 Å². The monoisotopic (exact) mass is 179 g/mol. The predicted octanol–water partition coefficient (Wildman–Crippen LogP) is 2.36. The van der Waals surface area contributed by atoms with Crippen LogP contribution in [0.2, 0.25) is 0 Å². The van der Waals surface area contributed by atoms with E-state index in [1.54, 1.807) is 6.07 Å². The molecular formula is C11H17NO. The maximum Gasteiger partial charge on any atom is 0.119 e. The number of aromatic hydroxyl groups is 1. The fourth-order valence-electron chi connectivity index (χ4n) is 1.35. The van der Waals surface area contributed by atoms with Crippen LogP contribution in [-0.4, -0.2) is 5.11 Å². The van der Waals surface area contributed by atoms with Gasteiger partial charge in [-0.25, -0.2) is 0 Å². The normalized spacial score (nSPS) is 12.8. The average molecular weight is 179 g/mol. The third-order valence-electron chi connectivity index (χ3n) is 2.47. The minimum Gasteiger partial charge on any atom is -0.508 e. The van der Waals surface area contributed by atoms with Crippen LogP contribution in [0.4, 0.5) is 0 Å². The van der Waals surface area contributed by atoms with Gasteiger partial charge in [0.25, 0.3) is 0 Å². The van der Waals surface area contributed by atoms with E-state index in [0.717, 1.165) is 17.5 Å². The Kier molecular flexibility index (Phi) is 3.32. The molecule has 0 spiro atoms. The summed E-state index contributed by atoms with van der Waals surface area (Å²) in [5.74, 6) is 0.776. The van der Waals surface area contributed by atoms with Crippen molar-refractivity contribution in [2.75, 3.05) is 0 Å². The number of phenols is 1. The number of benzene rings is 1. The van der Waals surface area contributed by atoms with Crippen molar-refractivity contribution in [3.05, 3.63) is 29.3 Å². The molecule has 1 unspecified atom stereocenters. The Bertz CT molecular complexity index is 283. The average Bonchev–Trinajstić information content (AvgIpc) is 2.17. The molecule has 0 fully saturated rings. The zero-order chi connectivity index (χ0) is 9.84. The molecule has 1 atom stereocenters. The Morgan fingerprint density at radius 3 is 2.69 bits per heavy atom. The lowest BCUT2D eigenvalue weighted by Gasteiger charge is -2.12. The Morgan fingerprint density at radius 2 is 2.15 bits per heavy atom. The Morgan fingerprint density at radius 1 is 1.46 bits per heavy atom. The Balaban J connectivity index is 3.03. The fourth-order valence-corrected chi connectivity index (χ4v) is 1.35. The molecule has 1 rings (SSSR count). The molecule has 0 aliphatic rings. The fraction of sp³-hybridized carbons (Fsp3) is 0.455. The summed E-state index contributed by atoms with van der Waals surface area (Å²) >= 11 is 0. The van der Waals surface area contributed by atoms with Gasteiger partial charge in [0.1, 0.15) is 5.75 Å². The second-order valence-electron chi connectivity index (χ2n) is 3.41. The van der Waals surface area contributed by atoms with Gasteiger partial charge in [-0.15, -0.1) is 0 Å². The Labute approximate surface area is 79.4 Å². The molecule has 0 saturated carbocycles. The van der Waals surface area contributed by atoms with E-state index in [4.69, 9.17) is 5.73 Å². The third kappa shape index (κ3) is 2.22. The van der Waals surface area contributed by atoms with Gasteiger partial charge in [-0.2, -0.15) is 0 Å². The summed E-state index contributed by atoms with van der Waals surface area (Å²) in [7, 11) is 0. The van der Waals surface area contributed by atoms with Crippen LogP contribution >= 0.6 is 0 Å². The number of hydrogen-bond donors (Lipinski definition) is 2. The molecule has 0 bridgehead atoms. The molecule has 13 heavy (non-hydrogen) atoms. The largest absolute Gasteiger partial charge is 0.508 e. The predicted molar refractivity (Wildman–Crippen MR) is 54.7 cm³/mol. The summed E-state index contributed by atoms with van der Waals surface area (Å²) < 4.78 is 0. The van der Waals surface area contributed by atoms with Gasteiger partial charge in [0.2, 0.25) is 0 Å². The first kappa shape index (κ1) is 10.1. The van der Waals surface area contributed by atoms with E-state index >= 15 is 0 Å². The van der Waals surface area contributed by atoms with Crippen molar-refractivity contribution >= 4 is 0 Å². The van der Waals surface area contributed by atoms with Gasteiger partial charge in [-0.1, -0.05) is 26.0 Å². The maximum atomic E-state index is 9.59. The molecule has 0 aliphatic carbocycles. The van der Waals surface area contributed by atoms with Crippen LogP contribution in [0.3, 0.4) is 0 Å². The number of nitrogens with two attached hydrogens (primary N) is 1. The number of phenolic OH excluding ortho intramolecular Hbond substituents is 1. The third-order valence-corrected chi connectivity index (χ3v) is 2.47. The number of rotatable bonds is 3. The highest BCUT2D eigenvalue weighted by atomic mass is 16.3. The van der Waals surface area contributed by atoms with Crippen LogP contribution in [0.5, 0.6) is 5.75 Å². The standard InChI is InChI=1S/C11H17NO/c1-3-8(2)10-6-9(7-12)4-5-11(10)13/h4-6,8,13H,3,7,12H2,1-2H3. The molecule has 0 radical (unpaired) electrons. The first-order valence-electron chi connectivity index (χ1n) is 4.70. The van der Waals surface area contributed by atoms with Gasteiger partial charge in [0, 0.05) is 6.54 Å². The van der Waals surface area contributed by atoms with Crippen LogP contribution in [-0.2, 0) is 6.54 Å². The zero-order valence-corrected chi connectivity index (χ0v) is 8.25. The van der Waals surface area contributed by atoms with Crippen LogP contribution in [0.1, 0.15) is 37.3 Å². The van der Waals surface area contributed by atoms with Gasteiger partial charge in [0.15, 0.2) is 0 Å². The van der Waals surface area contributed by atoms with Crippen molar-refractivity contribution in [3.63, 3.8) is 0 Å². The quantitative estimate of drug-likeness (QED) is 0.748. The molecule has 3 N–H and O–H groups in total. The lowest BCUT2D eigenvalue weighted by Crippen LogP contribution is -1.99. The zero-order valence-electron chi connectivity index (χ0n) is 8.25. The van der Waals surface area contributed by atoms with Crippen molar-refractivity contribution in [1.29, 1.82) is 0 Å². The topological polar surface area (TPSA) is 46.2 Å². The minimum atomic E-state index is 0.381. The van der Waals surface area contributed by atoms with E-state index < -0.39 is 0 Å². The molecule has 0 amide bonds. The molecule has 0 aromatic heterocycles. The molecule has 2 nitrogen and oxygen atoms in total. The van der Waals surface area contributed by atoms with Crippen LogP contribution in [0.15, 0.2) is 18.2 Å². The van der Waals surface area contributed by atoms with Crippen molar-refractivity contribution in [1.82, 2.24) is 0 Å². The van der Waals surface area contributed by atoms with E-state index in [1.807, 2.05) is 12.1 Å². The van der Waals surface area contributed by atoms with Crippen LogP contribution < -0.4 is 5.73 Å². The van der Waals surface area contributed by atoms with Gasteiger partial charge in [-0.05, 0) is 29.5 Å². The molecule has 0 aliphatic heterocycles. The number of hydrogen-bond acceptors (Lipinski definition) is 2. The van der Waals surface area contributed by atoms with Crippen molar-refractivity contribution in [3.8, 4) is 5.75 Å². The lowest BCUT2D eigenvalue weighted by atomic mass is 9.96. The minimum absolute atomic E-state index is 0.381. The SMILES string of the molecule is CCC(C)c1cc(CN)ccc1O. The highest BCUT2D eigenvalue weighted by Crippen LogP contribution is 2.28. The molecule has 72 valence electrons. The summed E-state index contributed by atoms with van der Waals surface area (Å²) in [6.45, 7) is 4.75. The summed E-state index contributed by atoms with van der Waals surface area (Å²) in [6.07, 6.45) is 1.03. The first-order valence-corrected chi connectivity index (χ1v) is 4.70. The van der Waals surface area contributed by atoms with E-state index in [1.165, 1.54) is 0 Å². The van der Waals surface area contributed by atoms with Crippen molar-refractivity contribution < 1.29 is 5.11 Å². The summed E-state index contributed by atoms with van der Waals surface area (Å²) in [4.78, 5) is 0. The van der Waals surface area contributed by atoms with Crippen molar-refractivity contribution in [2.24, 2.45) is 5.73 Å². The van der Waals surface area contributed by atoms with Crippen molar-refractivity contribution in [2.45, 2.75) is 32.7 Å². The Hall–Kier alpha value is -1.02. The summed E-state index contributed by atoms with van der Waals surface area (Å²) in [6, 6.07) is 5.58. The van der Waals surface area contributed by atoms with E-state index in [9.17, 15) is 5.11 Å². The van der Waals surface area contributed by atoms with Gasteiger partial charge in [-0.3, -0.25) is 0 Å². The molecule has 0 heterocycles. The molecule has 1 aromatic carbocycles. The molecular weight excluding hydrogens is 162 g/mol. The van der Waals surface area contributed by atoms with Gasteiger partial charge >= 0.3 is 0 Å². The highest BCUT2D eigenvalue weighted by Gasteiger charge is 2.08.